The number of thiophene rings is 1. The van der Waals surface area contributed by atoms with E-state index in [-0.39, 0.29) is 6.61 Å². The van der Waals surface area contributed by atoms with Crippen LogP contribution in [-0.4, -0.2) is 40.7 Å². The van der Waals surface area contributed by atoms with Gasteiger partial charge in [-0.25, -0.2) is 0 Å². The Bertz CT molecular complexity index is 880. The molecule has 0 spiro atoms. The number of benzene rings is 2. The summed E-state index contributed by atoms with van der Waals surface area (Å²) in [5, 5.41) is 26.7. The molecule has 5 heteroatoms. The fourth-order valence-corrected chi connectivity index (χ4v) is 4.23. The Labute approximate surface area is 176 Å². The van der Waals surface area contributed by atoms with Crippen molar-refractivity contribution in [2.75, 3.05) is 13.2 Å². The molecule has 0 aliphatic carbocycles. The Balaban J connectivity index is 0.000000252. The summed E-state index contributed by atoms with van der Waals surface area (Å²) in [6, 6.07) is 21.1. The minimum Gasteiger partial charge on any atom is -0.392 e. The van der Waals surface area contributed by atoms with Gasteiger partial charge in [0.25, 0.3) is 0 Å². The molecule has 2 heterocycles. The minimum atomic E-state index is -0.459. The standard InChI is InChI=1S/C19H18OS.C5H10O3/c1-14-4-2-3-5-17(14)12-18-10-11-19(21-18)16-8-6-15(13-20)7-9-16;6-4-1-5(7)3-8-2-4/h2-11,20H,12-13H2,1H3;4-7H,1-3H2. The van der Waals surface area contributed by atoms with Crippen LogP contribution < -0.4 is 0 Å². The molecular weight excluding hydrogens is 384 g/mol. The average Bonchev–Trinajstić information content (AvgIpc) is 3.19. The van der Waals surface area contributed by atoms with Crippen molar-refractivity contribution in [3.63, 3.8) is 0 Å². The van der Waals surface area contributed by atoms with Gasteiger partial charge < -0.3 is 20.1 Å². The first-order chi connectivity index (χ1) is 14.0. The number of ether oxygens (including phenoxy) is 1. The van der Waals surface area contributed by atoms with E-state index in [1.807, 2.05) is 23.5 Å². The summed E-state index contributed by atoms with van der Waals surface area (Å²) in [5.74, 6) is 0. The Hall–Kier alpha value is -2.02. The van der Waals surface area contributed by atoms with Crippen molar-refractivity contribution < 1.29 is 20.1 Å². The monoisotopic (exact) mass is 412 g/mol. The molecule has 1 aromatic heterocycles. The molecule has 0 bridgehead atoms. The summed E-state index contributed by atoms with van der Waals surface area (Å²) in [7, 11) is 0. The van der Waals surface area contributed by atoms with Gasteiger partial charge in [0.2, 0.25) is 0 Å². The molecule has 0 radical (unpaired) electrons. The van der Waals surface area contributed by atoms with Crippen LogP contribution in [0, 0.1) is 6.92 Å². The van der Waals surface area contributed by atoms with Crippen molar-refractivity contribution in [2.24, 2.45) is 0 Å². The molecule has 1 aliphatic rings. The van der Waals surface area contributed by atoms with Crippen molar-refractivity contribution in [2.45, 2.75) is 38.6 Å². The third kappa shape index (κ3) is 6.49. The molecule has 1 saturated heterocycles. The highest BCUT2D eigenvalue weighted by molar-refractivity contribution is 7.15. The summed E-state index contributed by atoms with van der Waals surface area (Å²) in [6.45, 7) is 3.01. The maximum absolute atomic E-state index is 9.10. The van der Waals surface area contributed by atoms with Gasteiger partial charge in [0, 0.05) is 22.6 Å². The SMILES string of the molecule is Cc1ccccc1Cc1ccc(-c2ccc(CO)cc2)s1.OC1COCC(O)C1. The first kappa shape index (κ1) is 21.7. The van der Waals surface area contributed by atoms with Crippen molar-refractivity contribution in [3.05, 3.63) is 82.2 Å². The van der Waals surface area contributed by atoms with Gasteiger partial charge in [-0.1, -0.05) is 48.5 Å². The second-order valence-corrected chi connectivity index (χ2v) is 8.47. The fraction of sp³-hybridized carbons (Fsp3) is 0.333. The summed E-state index contributed by atoms with van der Waals surface area (Å²) in [4.78, 5) is 2.66. The molecule has 4 rings (SSSR count). The molecule has 29 heavy (non-hydrogen) atoms. The van der Waals surface area contributed by atoms with Gasteiger partial charge in [0.15, 0.2) is 0 Å². The lowest BCUT2D eigenvalue weighted by Crippen LogP contribution is -2.32. The summed E-state index contributed by atoms with van der Waals surface area (Å²) in [5.41, 5.74) is 4.91. The van der Waals surface area contributed by atoms with E-state index in [9.17, 15) is 0 Å². The second-order valence-electron chi connectivity index (χ2n) is 7.31. The van der Waals surface area contributed by atoms with E-state index in [0.717, 1.165) is 12.0 Å². The zero-order chi connectivity index (χ0) is 20.6. The third-order valence-electron chi connectivity index (χ3n) is 4.87. The highest BCUT2D eigenvalue weighted by atomic mass is 32.1. The van der Waals surface area contributed by atoms with Gasteiger partial charge in [-0.05, 0) is 41.3 Å². The van der Waals surface area contributed by atoms with Crippen LogP contribution in [0.3, 0.4) is 0 Å². The predicted molar refractivity (Wildman–Crippen MR) is 117 cm³/mol. The number of aryl methyl sites for hydroxylation is 1. The van der Waals surface area contributed by atoms with Crippen LogP contribution in [0.1, 0.15) is 28.0 Å². The molecule has 2 aromatic carbocycles. The topological polar surface area (TPSA) is 69.9 Å². The first-order valence-electron chi connectivity index (χ1n) is 9.82. The molecule has 0 saturated carbocycles. The first-order valence-corrected chi connectivity index (χ1v) is 10.6. The number of rotatable bonds is 4. The summed E-state index contributed by atoms with van der Waals surface area (Å²) < 4.78 is 4.79. The molecule has 1 fully saturated rings. The van der Waals surface area contributed by atoms with Gasteiger partial charge in [-0.2, -0.15) is 0 Å². The largest absolute Gasteiger partial charge is 0.392 e. The lowest BCUT2D eigenvalue weighted by molar-refractivity contribution is -0.0714. The normalized spacial score (nSPS) is 18.8. The second kappa shape index (κ2) is 10.7. The van der Waals surface area contributed by atoms with E-state index < -0.39 is 12.2 Å². The van der Waals surface area contributed by atoms with E-state index >= 15 is 0 Å². The van der Waals surface area contributed by atoms with Crippen molar-refractivity contribution in [3.8, 4) is 10.4 Å². The Kier molecular flexibility index (Phi) is 7.98. The zero-order valence-electron chi connectivity index (χ0n) is 16.6. The van der Waals surface area contributed by atoms with Crippen LogP contribution in [0.25, 0.3) is 10.4 Å². The molecule has 4 nitrogen and oxygen atoms in total. The van der Waals surface area contributed by atoms with E-state index in [2.05, 4.69) is 55.5 Å². The number of hydrogen-bond acceptors (Lipinski definition) is 5. The quantitative estimate of drug-likeness (QED) is 0.607. The van der Waals surface area contributed by atoms with Crippen molar-refractivity contribution in [1.29, 1.82) is 0 Å². The fourth-order valence-electron chi connectivity index (χ4n) is 3.19. The van der Waals surface area contributed by atoms with Crippen LogP contribution in [0.2, 0.25) is 0 Å². The molecular formula is C24H28O4S. The smallest absolute Gasteiger partial charge is 0.0799 e. The highest BCUT2D eigenvalue weighted by Gasteiger charge is 2.17. The molecule has 3 N–H and O–H groups in total. The average molecular weight is 413 g/mol. The van der Waals surface area contributed by atoms with Crippen LogP contribution in [0.15, 0.2) is 60.7 Å². The Morgan fingerprint density at radius 3 is 2.21 bits per heavy atom. The third-order valence-corrected chi connectivity index (χ3v) is 6.01. The van der Waals surface area contributed by atoms with Crippen molar-refractivity contribution in [1.82, 2.24) is 0 Å². The lowest BCUT2D eigenvalue weighted by Gasteiger charge is -2.21. The van der Waals surface area contributed by atoms with Gasteiger partial charge in [-0.3, -0.25) is 0 Å². The molecule has 1 aliphatic heterocycles. The van der Waals surface area contributed by atoms with Crippen LogP contribution in [0.4, 0.5) is 0 Å². The molecule has 3 aromatic rings. The van der Waals surface area contributed by atoms with Gasteiger partial charge >= 0.3 is 0 Å². The predicted octanol–water partition coefficient (Wildman–Crippen LogP) is 3.94. The van der Waals surface area contributed by atoms with Crippen molar-refractivity contribution >= 4 is 11.3 Å². The van der Waals surface area contributed by atoms with Crippen LogP contribution >= 0.6 is 11.3 Å². The molecule has 2 atom stereocenters. The highest BCUT2D eigenvalue weighted by Crippen LogP contribution is 2.30. The Morgan fingerprint density at radius 2 is 1.62 bits per heavy atom. The summed E-state index contributed by atoms with van der Waals surface area (Å²) >= 11 is 1.84. The molecule has 0 amide bonds. The zero-order valence-corrected chi connectivity index (χ0v) is 17.4. The minimum absolute atomic E-state index is 0.100. The van der Waals surface area contributed by atoms with Crippen LogP contribution in [0.5, 0.6) is 0 Å². The van der Waals surface area contributed by atoms with Gasteiger partial charge in [0.1, 0.15) is 0 Å². The van der Waals surface area contributed by atoms with E-state index in [1.54, 1.807) is 0 Å². The number of aliphatic hydroxyl groups excluding tert-OH is 3. The van der Waals surface area contributed by atoms with Gasteiger partial charge in [0.05, 0.1) is 32.0 Å². The van der Waals surface area contributed by atoms with Gasteiger partial charge in [-0.15, -0.1) is 11.3 Å². The Morgan fingerprint density at radius 1 is 0.931 bits per heavy atom. The number of hydrogen-bond donors (Lipinski definition) is 3. The maximum atomic E-state index is 9.10. The maximum Gasteiger partial charge on any atom is 0.0799 e. The molecule has 2 unspecified atom stereocenters. The van der Waals surface area contributed by atoms with E-state index in [4.69, 9.17) is 20.1 Å². The van der Waals surface area contributed by atoms with Crippen LogP contribution in [-0.2, 0) is 17.8 Å². The van der Waals surface area contributed by atoms with E-state index in [0.29, 0.717) is 19.6 Å². The lowest BCUT2D eigenvalue weighted by atomic mass is 10.1. The van der Waals surface area contributed by atoms with E-state index in [1.165, 1.54) is 26.4 Å². The molecule has 154 valence electrons. The number of aliphatic hydroxyl groups is 3. The summed E-state index contributed by atoms with van der Waals surface area (Å²) in [6.07, 6.45) is 0.531.